The molecule has 0 saturated heterocycles. The number of rotatable bonds is 0. The molecule has 0 fully saturated rings. The molecule has 3 rings (SSSR count). The molecule has 1 heterocycles. The summed E-state index contributed by atoms with van der Waals surface area (Å²) in [6, 6.07) is 4.74. The van der Waals surface area contributed by atoms with Gasteiger partial charge in [-0.05, 0) is 53.7 Å². The van der Waals surface area contributed by atoms with Crippen molar-refractivity contribution in [2.24, 2.45) is 0 Å². The molecule has 0 unspecified atom stereocenters. The van der Waals surface area contributed by atoms with Crippen LogP contribution in [0.15, 0.2) is 18.7 Å². The molecule has 0 aromatic heterocycles. The highest BCUT2D eigenvalue weighted by atomic mass is 15.1. The summed E-state index contributed by atoms with van der Waals surface area (Å²) in [6.07, 6.45) is 3.55. The maximum Gasteiger partial charge on any atom is 0.0400 e. The molecule has 0 radical (unpaired) electrons. The second-order valence-corrected chi connectivity index (χ2v) is 4.41. The van der Waals surface area contributed by atoms with Gasteiger partial charge < -0.3 is 4.90 Å². The topological polar surface area (TPSA) is 3.24 Å². The zero-order valence-corrected chi connectivity index (χ0v) is 8.64. The van der Waals surface area contributed by atoms with E-state index in [2.05, 4.69) is 30.7 Å². The molecule has 1 aromatic rings. The van der Waals surface area contributed by atoms with Gasteiger partial charge in [-0.15, -0.1) is 0 Å². The van der Waals surface area contributed by atoms with Crippen molar-refractivity contribution >= 4 is 11.3 Å². The first-order valence-corrected chi connectivity index (χ1v) is 5.31. The lowest BCUT2D eigenvalue weighted by molar-refractivity contribution is 0.955. The lowest BCUT2D eigenvalue weighted by Crippen LogP contribution is -2.12. The van der Waals surface area contributed by atoms with Crippen molar-refractivity contribution in [3.05, 3.63) is 35.4 Å². The van der Waals surface area contributed by atoms with E-state index in [1.54, 1.807) is 0 Å². The van der Waals surface area contributed by atoms with Gasteiger partial charge in [0.15, 0.2) is 0 Å². The van der Waals surface area contributed by atoms with Gasteiger partial charge in [0, 0.05) is 19.3 Å². The average molecular weight is 185 g/mol. The minimum Gasteiger partial charge on any atom is -0.374 e. The maximum atomic E-state index is 4.13. The number of anilines is 1. The Labute approximate surface area is 85.0 Å². The first kappa shape index (κ1) is 8.10. The van der Waals surface area contributed by atoms with Crippen molar-refractivity contribution in [3.8, 4) is 0 Å². The third-order valence-corrected chi connectivity index (χ3v) is 3.51. The van der Waals surface area contributed by atoms with Crippen LogP contribution >= 0.6 is 0 Å². The smallest absolute Gasteiger partial charge is 0.0400 e. The molecule has 0 spiro atoms. The Morgan fingerprint density at radius 1 is 1.14 bits per heavy atom. The highest BCUT2D eigenvalue weighted by molar-refractivity contribution is 5.75. The number of fused-ring (bicyclic) bond motifs is 2. The van der Waals surface area contributed by atoms with Crippen LogP contribution in [0.2, 0.25) is 0 Å². The predicted molar refractivity (Wildman–Crippen MR) is 60.8 cm³/mol. The molecule has 2 aliphatic rings. The van der Waals surface area contributed by atoms with Gasteiger partial charge in [-0.2, -0.15) is 0 Å². The van der Waals surface area contributed by atoms with Crippen molar-refractivity contribution in [1.82, 2.24) is 0 Å². The highest BCUT2D eigenvalue weighted by Gasteiger charge is 2.22. The number of benzene rings is 1. The third-order valence-electron chi connectivity index (χ3n) is 3.51. The summed E-state index contributed by atoms with van der Waals surface area (Å²) < 4.78 is 0. The largest absolute Gasteiger partial charge is 0.374 e. The minimum atomic E-state index is 1.15. The number of allylic oxidation sites excluding steroid dienone is 1. The molecule has 0 N–H and O–H groups in total. The quantitative estimate of drug-likeness (QED) is 0.600. The van der Waals surface area contributed by atoms with Gasteiger partial charge in [0.2, 0.25) is 0 Å². The average Bonchev–Trinajstić information content (AvgIpc) is 2.71. The number of hydrogen-bond donors (Lipinski definition) is 0. The maximum absolute atomic E-state index is 4.13. The lowest BCUT2D eigenvalue weighted by atomic mass is 10.0. The predicted octanol–water partition coefficient (Wildman–Crippen LogP) is 2.64. The van der Waals surface area contributed by atoms with Gasteiger partial charge in [0.1, 0.15) is 0 Å². The summed E-state index contributed by atoms with van der Waals surface area (Å²) in [5, 5.41) is 0. The highest BCUT2D eigenvalue weighted by Crippen LogP contribution is 2.37. The van der Waals surface area contributed by atoms with Gasteiger partial charge in [0.05, 0.1) is 0 Å². The fourth-order valence-corrected chi connectivity index (χ4v) is 2.60. The standard InChI is InChI=1S/C13H15N/c1-9-3-4-10-8-13-11(7-12(9)10)5-6-14(13)2/h7-8H,1,3-6H2,2H3. The molecule has 1 aromatic carbocycles. The van der Waals surface area contributed by atoms with Crippen LogP contribution in [-0.2, 0) is 12.8 Å². The number of hydrogen-bond acceptors (Lipinski definition) is 1. The van der Waals surface area contributed by atoms with E-state index in [-0.39, 0.29) is 0 Å². The molecule has 0 atom stereocenters. The molecule has 1 nitrogen and oxygen atoms in total. The first-order valence-electron chi connectivity index (χ1n) is 5.31. The van der Waals surface area contributed by atoms with E-state index in [1.807, 2.05) is 0 Å². The molecule has 0 bridgehead atoms. The summed E-state index contributed by atoms with van der Waals surface area (Å²) >= 11 is 0. The summed E-state index contributed by atoms with van der Waals surface area (Å²) in [6.45, 7) is 5.30. The first-order chi connectivity index (χ1) is 6.75. The van der Waals surface area contributed by atoms with E-state index >= 15 is 0 Å². The number of aryl methyl sites for hydroxylation is 1. The zero-order valence-electron chi connectivity index (χ0n) is 8.64. The Kier molecular flexibility index (Phi) is 1.52. The SMILES string of the molecule is C=C1CCc2cc3c(cc21)CCN3C. The van der Waals surface area contributed by atoms with Gasteiger partial charge in [0.25, 0.3) is 0 Å². The Bertz CT molecular complexity index is 417. The molecule has 14 heavy (non-hydrogen) atoms. The monoisotopic (exact) mass is 185 g/mol. The molecule has 1 aliphatic heterocycles. The Morgan fingerprint density at radius 3 is 2.86 bits per heavy atom. The van der Waals surface area contributed by atoms with E-state index in [0.717, 1.165) is 6.42 Å². The van der Waals surface area contributed by atoms with E-state index < -0.39 is 0 Å². The Hall–Kier alpha value is -1.24. The van der Waals surface area contributed by atoms with Crippen molar-refractivity contribution in [1.29, 1.82) is 0 Å². The van der Waals surface area contributed by atoms with Crippen molar-refractivity contribution < 1.29 is 0 Å². The molecule has 1 heteroatoms. The normalized spacial score (nSPS) is 18.6. The summed E-state index contributed by atoms with van der Waals surface area (Å²) in [7, 11) is 2.18. The second-order valence-electron chi connectivity index (χ2n) is 4.41. The fourth-order valence-electron chi connectivity index (χ4n) is 2.60. The Balaban J connectivity index is 2.20. The third kappa shape index (κ3) is 0.955. The Morgan fingerprint density at radius 2 is 2.00 bits per heavy atom. The van der Waals surface area contributed by atoms with Crippen LogP contribution < -0.4 is 4.90 Å². The van der Waals surface area contributed by atoms with Crippen LogP contribution in [0.5, 0.6) is 0 Å². The van der Waals surface area contributed by atoms with Gasteiger partial charge in [-0.3, -0.25) is 0 Å². The summed E-state index contributed by atoms with van der Waals surface area (Å²) in [5.74, 6) is 0. The van der Waals surface area contributed by atoms with Crippen molar-refractivity contribution in [3.63, 3.8) is 0 Å². The zero-order chi connectivity index (χ0) is 9.71. The summed E-state index contributed by atoms with van der Waals surface area (Å²) in [5.41, 5.74) is 7.21. The minimum absolute atomic E-state index is 1.15. The molecule has 0 amide bonds. The van der Waals surface area contributed by atoms with E-state index in [0.29, 0.717) is 0 Å². The fraction of sp³-hybridized carbons (Fsp3) is 0.385. The van der Waals surface area contributed by atoms with Crippen LogP contribution in [0.25, 0.3) is 5.57 Å². The van der Waals surface area contributed by atoms with E-state index in [1.165, 1.54) is 47.3 Å². The van der Waals surface area contributed by atoms with E-state index in [9.17, 15) is 0 Å². The molecule has 1 aliphatic carbocycles. The molecular weight excluding hydrogens is 170 g/mol. The van der Waals surface area contributed by atoms with Crippen LogP contribution in [0.3, 0.4) is 0 Å². The molecule has 72 valence electrons. The number of likely N-dealkylation sites (N-methyl/N-ethyl adjacent to an activating group) is 1. The second kappa shape index (κ2) is 2.63. The summed E-state index contributed by atoms with van der Waals surface area (Å²) in [4.78, 5) is 2.36. The van der Waals surface area contributed by atoms with Gasteiger partial charge in [-0.25, -0.2) is 0 Å². The van der Waals surface area contributed by atoms with Crippen LogP contribution in [0.4, 0.5) is 5.69 Å². The van der Waals surface area contributed by atoms with Crippen LogP contribution in [-0.4, -0.2) is 13.6 Å². The van der Waals surface area contributed by atoms with Crippen molar-refractivity contribution in [2.45, 2.75) is 19.3 Å². The van der Waals surface area contributed by atoms with E-state index in [4.69, 9.17) is 0 Å². The number of nitrogens with zero attached hydrogens (tertiary/aromatic N) is 1. The van der Waals surface area contributed by atoms with Crippen molar-refractivity contribution in [2.75, 3.05) is 18.5 Å². The van der Waals surface area contributed by atoms with Gasteiger partial charge in [-0.1, -0.05) is 6.58 Å². The molecular formula is C13H15N. The molecule has 0 saturated carbocycles. The lowest BCUT2D eigenvalue weighted by Gasteiger charge is -2.13. The van der Waals surface area contributed by atoms with Crippen LogP contribution in [0.1, 0.15) is 23.1 Å². The van der Waals surface area contributed by atoms with Crippen LogP contribution in [0, 0.1) is 0 Å². The van der Waals surface area contributed by atoms with Gasteiger partial charge >= 0.3 is 0 Å².